The summed E-state index contributed by atoms with van der Waals surface area (Å²) >= 11 is 0. The van der Waals surface area contributed by atoms with Crippen LogP contribution in [0.4, 0.5) is 8.78 Å². The number of aliphatic hydroxyl groups excluding tert-OH is 1. The third-order valence-electron chi connectivity index (χ3n) is 2.49. The van der Waals surface area contributed by atoms with Crippen LogP contribution in [-0.2, 0) is 6.42 Å². The third-order valence-corrected chi connectivity index (χ3v) is 2.49. The zero-order valence-electron chi connectivity index (χ0n) is 8.98. The lowest BCUT2D eigenvalue weighted by atomic mass is 10.0. The van der Waals surface area contributed by atoms with E-state index in [1.54, 1.807) is 24.5 Å². The molecule has 2 nitrogen and oxygen atoms in total. The molecule has 0 bridgehead atoms. The minimum Gasteiger partial charge on any atom is -0.388 e. The summed E-state index contributed by atoms with van der Waals surface area (Å²) in [7, 11) is 0. The molecule has 0 saturated heterocycles. The van der Waals surface area contributed by atoms with Gasteiger partial charge < -0.3 is 5.11 Å². The summed E-state index contributed by atoms with van der Waals surface area (Å²) in [6, 6.07) is 7.27. The van der Waals surface area contributed by atoms with Crippen LogP contribution in [0.1, 0.15) is 17.2 Å². The van der Waals surface area contributed by atoms with Gasteiger partial charge in [0, 0.05) is 24.4 Å². The Bertz CT molecular complexity index is 502. The second-order valence-corrected chi connectivity index (χ2v) is 3.72. The molecule has 0 radical (unpaired) electrons. The van der Waals surface area contributed by atoms with Gasteiger partial charge in [-0.05, 0) is 17.7 Å². The molecule has 0 fully saturated rings. The fraction of sp³-hybridized carbons (Fsp3) is 0.154. The van der Waals surface area contributed by atoms with Gasteiger partial charge in [-0.25, -0.2) is 8.78 Å². The lowest BCUT2D eigenvalue weighted by Crippen LogP contribution is -2.05. The summed E-state index contributed by atoms with van der Waals surface area (Å²) in [4.78, 5) is 3.89. The van der Waals surface area contributed by atoms with Crippen LogP contribution in [0.2, 0.25) is 0 Å². The standard InChI is InChI=1S/C13H11F2NO/c14-11-5-1-4-10(13(11)15)12(17)7-9-3-2-6-16-8-9/h1-6,8,12,17H,7H2. The molecule has 1 atom stereocenters. The van der Waals surface area contributed by atoms with Crippen LogP contribution in [0.3, 0.4) is 0 Å². The Balaban J connectivity index is 2.20. The number of aliphatic hydroxyl groups is 1. The van der Waals surface area contributed by atoms with Crippen LogP contribution in [0.15, 0.2) is 42.7 Å². The minimum absolute atomic E-state index is 0.0335. The van der Waals surface area contributed by atoms with Crippen molar-refractivity contribution in [2.24, 2.45) is 0 Å². The van der Waals surface area contributed by atoms with Crippen molar-refractivity contribution >= 4 is 0 Å². The molecule has 0 aliphatic carbocycles. The molecule has 0 aliphatic heterocycles. The fourth-order valence-corrected chi connectivity index (χ4v) is 1.63. The minimum atomic E-state index is -1.07. The van der Waals surface area contributed by atoms with Crippen LogP contribution in [0.5, 0.6) is 0 Å². The molecule has 17 heavy (non-hydrogen) atoms. The predicted octanol–water partition coefficient (Wildman–Crippen LogP) is 2.64. The molecule has 4 heteroatoms. The quantitative estimate of drug-likeness (QED) is 0.887. The van der Waals surface area contributed by atoms with Crippen LogP contribution in [-0.4, -0.2) is 10.1 Å². The molecule has 1 aromatic carbocycles. The molecule has 2 aromatic rings. The van der Waals surface area contributed by atoms with Crippen LogP contribution in [0, 0.1) is 11.6 Å². The summed E-state index contributed by atoms with van der Waals surface area (Å²) in [5, 5.41) is 9.84. The second kappa shape index (κ2) is 5.01. The highest BCUT2D eigenvalue weighted by Crippen LogP contribution is 2.22. The molecule has 1 unspecified atom stereocenters. The van der Waals surface area contributed by atoms with Crippen LogP contribution in [0.25, 0.3) is 0 Å². The molecule has 0 saturated carbocycles. The van der Waals surface area contributed by atoms with E-state index in [0.717, 1.165) is 11.6 Å². The van der Waals surface area contributed by atoms with Crippen LogP contribution < -0.4 is 0 Å². The molecule has 88 valence electrons. The van der Waals surface area contributed by atoms with Crippen molar-refractivity contribution in [1.82, 2.24) is 4.98 Å². The monoisotopic (exact) mass is 235 g/mol. The first kappa shape index (κ1) is 11.7. The lowest BCUT2D eigenvalue weighted by Gasteiger charge is -2.11. The summed E-state index contributed by atoms with van der Waals surface area (Å²) in [5.74, 6) is -1.95. The summed E-state index contributed by atoms with van der Waals surface area (Å²) in [6.07, 6.45) is 2.32. The smallest absolute Gasteiger partial charge is 0.164 e. The van der Waals surface area contributed by atoms with Gasteiger partial charge in [-0.3, -0.25) is 4.98 Å². The third kappa shape index (κ3) is 2.65. The topological polar surface area (TPSA) is 33.1 Å². The Hall–Kier alpha value is -1.81. The van der Waals surface area contributed by atoms with E-state index in [2.05, 4.69) is 4.98 Å². The Morgan fingerprint density at radius 1 is 1.18 bits per heavy atom. The van der Waals surface area contributed by atoms with E-state index < -0.39 is 17.7 Å². The number of benzene rings is 1. The van der Waals surface area contributed by atoms with Crippen molar-refractivity contribution in [2.75, 3.05) is 0 Å². The Morgan fingerprint density at radius 2 is 2.00 bits per heavy atom. The van der Waals surface area contributed by atoms with Gasteiger partial charge in [0.25, 0.3) is 0 Å². The van der Waals surface area contributed by atoms with E-state index in [1.807, 2.05) is 0 Å². The first-order chi connectivity index (χ1) is 8.18. The Morgan fingerprint density at radius 3 is 2.71 bits per heavy atom. The largest absolute Gasteiger partial charge is 0.388 e. The summed E-state index contributed by atoms with van der Waals surface area (Å²) < 4.78 is 26.4. The van der Waals surface area contributed by atoms with Gasteiger partial charge in [0.2, 0.25) is 0 Å². The number of pyridine rings is 1. The van der Waals surface area contributed by atoms with Crippen molar-refractivity contribution < 1.29 is 13.9 Å². The zero-order chi connectivity index (χ0) is 12.3. The molecule has 0 aliphatic rings. The highest BCUT2D eigenvalue weighted by atomic mass is 19.2. The van der Waals surface area contributed by atoms with Crippen molar-refractivity contribution in [3.05, 3.63) is 65.5 Å². The van der Waals surface area contributed by atoms with Gasteiger partial charge >= 0.3 is 0 Å². The van der Waals surface area contributed by atoms with Gasteiger partial charge in [-0.15, -0.1) is 0 Å². The number of hydrogen-bond donors (Lipinski definition) is 1. The van der Waals surface area contributed by atoms with Crippen molar-refractivity contribution in [2.45, 2.75) is 12.5 Å². The maximum atomic E-state index is 13.4. The SMILES string of the molecule is OC(Cc1cccnc1)c1cccc(F)c1F. The normalized spacial score (nSPS) is 12.4. The first-order valence-electron chi connectivity index (χ1n) is 5.19. The van der Waals surface area contributed by atoms with Gasteiger partial charge in [-0.1, -0.05) is 18.2 Å². The maximum absolute atomic E-state index is 13.4. The van der Waals surface area contributed by atoms with Gasteiger partial charge in [-0.2, -0.15) is 0 Å². The number of halogens is 2. The van der Waals surface area contributed by atoms with E-state index in [-0.39, 0.29) is 12.0 Å². The molecule has 0 spiro atoms. The van der Waals surface area contributed by atoms with E-state index in [9.17, 15) is 13.9 Å². The Kier molecular flexibility index (Phi) is 3.44. The molecular formula is C13H11F2NO. The van der Waals surface area contributed by atoms with Crippen molar-refractivity contribution in [3.8, 4) is 0 Å². The Labute approximate surface area is 97.6 Å². The summed E-state index contributed by atoms with van der Waals surface area (Å²) in [5.41, 5.74) is 0.734. The van der Waals surface area contributed by atoms with Crippen molar-refractivity contribution in [3.63, 3.8) is 0 Å². The van der Waals surface area contributed by atoms with E-state index in [0.29, 0.717) is 0 Å². The number of rotatable bonds is 3. The molecule has 2 rings (SSSR count). The van der Waals surface area contributed by atoms with Gasteiger partial charge in [0.15, 0.2) is 11.6 Å². The zero-order valence-corrected chi connectivity index (χ0v) is 8.98. The van der Waals surface area contributed by atoms with E-state index >= 15 is 0 Å². The summed E-state index contributed by atoms with van der Waals surface area (Å²) in [6.45, 7) is 0. The average molecular weight is 235 g/mol. The molecule has 1 N–H and O–H groups in total. The number of aromatic nitrogens is 1. The average Bonchev–Trinajstić information content (AvgIpc) is 2.34. The number of nitrogens with zero attached hydrogens (tertiary/aromatic N) is 1. The maximum Gasteiger partial charge on any atom is 0.164 e. The van der Waals surface area contributed by atoms with Gasteiger partial charge in [0.1, 0.15) is 0 Å². The molecule has 0 amide bonds. The lowest BCUT2D eigenvalue weighted by molar-refractivity contribution is 0.172. The van der Waals surface area contributed by atoms with Crippen molar-refractivity contribution in [1.29, 1.82) is 0 Å². The second-order valence-electron chi connectivity index (χ2n) is 3.72. The van der Waals surface area contributed by atoms with Crippen LogP contribution >= 0.6 is 0 Å². The van der Waals surface area contributed by atoms with E-state index in [4.69, 9.17) is 0 Å². The first-order valence-corrected chi connectivity index (χ1v) is 5.19. The molecule has 1 heterocycles. The predicted molar refractivity (Wildman–Crippen MR) is 59.3 cm³/mol. The number of hydrogen-bond acceptors (Lipinski definition) is 2. The molecular weight excluding hydrogens is 224 g/mol. The van der Waals surface area contributed by atoms with Gasteiger partial charge in [0.05, 0.1) is 6.10 Å². The highest BCUT2D eigenvalue weighted by molar-refractivity contribution is 5.23. The van der Waals surface area contributed by atoms with E-state index in [1.165, 1.54) is 12.1 Å². The fourth-order valence-electron chi connectivity index (χ4n) is 1.63. The molecule has 1 aromatic heterocycles. The highest BCUT2D eigenvalue weighted by Gasteiger charge is 2.16.